The number of ether oxygens (including phenoxy) is 1. The molecule has 0 spiro atoms. The number of hydrogen-bond donors (Lipinski definition) is 2. The van der Waals surface area contributed by atoms with E-state index in [0.717, 1.165) is 0 Å². The van der Waals surface area contributed by atoms with Gasteiger partial charge in [-0.15, -0.1) is 0 Å². The Hall–Kier alpha value is -2.61. The number of carbonyl (C=O) groups is 1. The summed E-state index contributed by atoms with van der Waals surface area (Å²) in [5.41, 5.74) is 1.07. The summed E-state index contributed by atoms with van der Waals surface area (Å²) in [5, 5.41) is 9.38. The smallest absolute Gasteiger partial charge is 0.247 e. The summed E-state index contributed by atoms with van der Waals surface area (Å²) in [6.07, 6.45) is 0.102. The predicted octanol–water partition coefficient (Wildman–Crippen LogP) is 3.17. The second-order valence-corrected chi connectivity index (χ2v) is 7.01. The zero-order valence-electron chi connectivity index (χ0n) is 16.0. The first kappa shape index (κ1) is 19.2. The number of halogens is 1. The largest absolute Gasteiger partial charge is 0.374 e. The van der Waals surface area contributed by atoms with Crippen LogP contribution in [-0.2, 0) is 9.53 Å². The van der Waals surface area contributed by atoms with Crippen LogP contribution >= 0.6 is 0 Å². The van der Waals surface area contributed by atoms with Crippen LogP contribution in [0.25, 0.3) is 0 Å². The van der Waals surface area contributed by atoms with E-state index in [0.29, 0.717) is 36.0 Å². The third-order valence-electron chi connectivity index (χ3n) is 4.36. The van der Waals surface area contributed by atoms with E-state index < -0.39 is 6.04 Å². The molecule has 7 nitrogen and oxygen atoms in total. The number of aromatic nitrogens is 1. The fraction of sp³-hybridized carbons (Fsp3) is 0.474. The van der Waals surface area contributed by atoms with Gasteiger partial charge in [0.05, 0.1) is 17.9 Å². The van der Waals surface area contributed by atoms with Crippen LogP contribution in [0.5, 0.6) is 0 Å². The van der Waals surface area contributed by atoms with Crippen molar-refractivity contribution in [1.82, 2.24) is 5.16 Å². The van der Waals surface area contributed by atoms with Gasteiger partial charge in [-0.3, -0.25) is 4.79 Å². The van der Waals surface area contributed by atoms with Gasteiger partial charge in [-0.05, 0) is 45.9 Å². The highest BCUT2D eigenvalue weighted by molar-refractivity contribution is 5.95. The highest BCUT2D eigenvalue weighted by Crippen LogP contribution is 2.26. The zero-order valence-corrected chi connectivity index (χ0v) is 16.0. The van der Waals surface area contributed by atoms with Gasteiger partial charge in [0.15, 0.2) is 5.82 Å². The number of aryl methyl sites for hydroxylation is 1. The van der Waals surface area contributed by atoms with Gasteiger partial charge in [-0.25, -0.2) is 4.39 Å². The number of anilines is 3. The van der Waals surface area contributed by atoms with E-state index >= 15 is 0 Å². The van der Waals surface area contributed by atoms with E-state index in [1.165, 1.54) is 6.07 Å². The molecule has 1 aromatic heterocycles. The summed E-state index contributed by atoms with van der Waals surface area (Å²) in [6, 6.07) is 5.96. The molecule has 27 heavy (non-hydrogen) atoms. The molecule has 1 saturated heterocycles. The summed E-state index contributed by atoms with van der Waals surface area (Å²) in [4.78, 5) is 14.2. The lowest BCUT2D eigenvalue weighted by Gasteiger charge is -2.37. The average Bonchev–Trinajstić information content (AvgIpc) is 2.98. The summed E-state index contributed by atoms with van der Waals surface area (Å²) in [6.45, 7) is 8.68. The van der Waals surface area contributed by atoms with Gasteiger partial charge in [0.2, 0.25) is 5.91 Å². The summed E-state index contributed by atoms with van der Waals surface area (Å²) < 4.78 is 25.3. The second kappa shape index (κ2) is 7.96. The van der Waals surface area contributed by atoms with Crippen molar-refractivity contribution in [1.29, 1.82) is 0 Å². The van der Waals surface area contributed by atoms with Crippen molar-refractivity contribution in [2.24, 2.45) is 0 Å². The van der Waals surface area contributed by atoms with Gasteiger partial charge in [-0.2, -0.15) is 0 Å². The Labute approximate surface area is 157 Å². The lowest BCUT2D eigenvalue weighted by atomic mass is 10.1. The first-order chi connectivity index (χ1) is 12.8. The van der Waals surface area contributed by atoms with E-state index in [9.17, 15) is 9.18 Å². The molecule has 2 aromatic rings. The van der Waals surface area contributed by atoms with E-state index in [2.05, 4.69) is 15.8 Å². The van der Waals surface area contributed by atoms with Crippen molar-refractivity contribution in [2.45, 2.75) is 45.9 Å². The quantitative estimate of drug-likeness (QED) is 0.834. The van der Waals surface area contributed by atoms with Crippen molar-refractivity contribution in [2.75, 3.05) is 28.6 Å². The molecule has 1 fully saturated rings. The molecule has 0 saturated carbocycles. The molecule has 2 N–H and O–H groups in total. The molecule has 0 radical (unpaired) electrons. The van der Waals surface area contributed by atoms with Gasteiger partial charge >= 0.3 is 0 Å². The number of nitrogens with zero attached hydrogens (tertiary/aromatic N) is 2. The molecule has 1 aromatic carbocycles. The van der Waals surface area contributed by atoms with Gasteiger partial charge in [-0.1, -0.05) is 5.16 Å². The normalized spacial score (nSPS) is 21.0. The van der Waals surface area contributed by atoms with Crippen molar-refractivity contribution in [3.05, 3.63) is 35.8 Å². The molecule has 1 aliphatic rings. The number of amides is 1. The monoisotopic (exact) mass is 376 g/mol. The van der Waals surface area contributed by atoms with Gasteiger partial charge in [0.1, 0.15) is 17.6 Å². The number of rotatable bonds is 5. The van der Waals surface area contributed by atoms with E-state index in [1.54, 1.807) is 32.0 Å². The van der Waals surface area contributed by atoms with Gasteiger partial charge in [0, 0.05) is 24.8 Å². The molecular weight excluding hydrogens is 351 g/mol. The van der Waals surface area contributed by atoms with Crippen molar-refractivity contribution in [3.8, 4) is 0 Å². The van der Waals surface area contributed by atoms with Crippen LogP contribution in [0.4, 0.5) is 21.6 Å². The van der Waals surface area contributed by atoms with Crippen molar-refractivity contribution >= 4 is 23.1 Å². The molecule has 146 valence electrons. The van der Waals surface area contributed by atoms with E-state index in [1.807, 2.05) is 18.7 Å². The van der Waals surface area contributed by atoms with Crippen LogP contribution < -0.4 is 15.5 Å². The van der Waals surface area contributed by atoms with Crippen LogP contribution in [0.3, 0.4) is 0 Å². The van der Waals surface area contributed by atoms with Crippen LogP contribution in [0.15, 0.2) is 28.8 Å². The fourth-order valence-electron chi connectivity index (χ4n) is 3.20. The molecule has 2 heterocycles. The third kappa shape index (κ3) is 4.77. The Morgan fingerprint density at radius 2 is 2.00 bits per heavy atom. The highest BCUT2D eigenvalue weighted by atomic mass is 19.1. The second-order valence-electron chi connectivity index (χ2n) is 7.01. The summed E-state index contributed by atoms with van der Waals surface area (Å²) >= 11 is 0. The first-order valence-corrected chi connectivity index (χ1v) is 9.02. The molecule has 3 rings (SSSR count). The summed E-state index contributed by atoms with van der Waals surface area (Å²) in [7, 11) is 0. The van der Waals surface area contributed by atoms with Crippen LogP contribution in [0.1, 0.15) is 26.5 Å². The zero-order chi connectivity index (χ0) is 19.6. The standard InChI is InChI=1S/C19H25FN4O3/c1-11-7-18(23-27-11)22-19(25)14(4)21-15-5-6-17(16(20)8-15)24-9-12(2)26-13(3)10-24/h5-8,12-14,21H,9-10H2,1-4H3,(H,22,23,25)/t12-,13-,14+/m1/s1. The minimum Gasteiger partial charge on any atom is -0.374 e. The fourth-order valence-corrected chi connectivity index (χ4v) is 3.20. The molecule has 0 unspecified atom stereocenters. The molecule has 3 atom stereocenters. The maximum Gasteiger partial charge on any atom is 0.247 e. The number of morpholine rings is 1. The Bertz CT molecular complexity index is 800. The van der Waals surface area contributed by atoms with Crippen LogP contribution in [-0.4, -0.2) is 42.4 Å². The number of hydrogen-bond acceptors (Lipinski definition) is 6. The topological polar surface area (TPSA) is 79.6 Å². The SMILES string of the molecule is Cc1cc(NC(=O)[C@H](C)Nc2ccc(N3C[C@@H](C)O[C@H](C)C3)c(F)c2)no1. The van der Waals surface area contributed by atoms with E-state index in [4.69, 9.17) is 9.26 Å². The lowest BCUT2D eigenvalue weighted by Crippen LogP contribution is -2.45. The Morgan fingerprint density at radius 1 is 1.30 bits per heavy atom. The Morgan fingerprint density at radius 3 is 2.59 bits per heavy atom. The third-order valence-corrected chi connectivity index (χ3v) is 4.36. The van der Waals surface area contributed by atoms with Crippen LogP contribution in [0.2, 0.25) is 0 Å². The van der Waals surface area contributed by atoms with Gasteiger partial charge in [0.25, 0.3) is 0 Å². The number of carbonyl (C=O) groups excluding carboxylic acids is 1. The Balaban J connectivity index is 1.63. The minimum atomic E-state index is -0.573. The maximum atomic E-state index is 14.6. The summed E-state index contributed by atoms with van der Waals surface area (Å²) in [5.74, 6) is 0.336. The predicted molar refractivity (Wildman–Crippen MR) is 102 cm³/mol. The average molecular weight is 376 g/mol. The van der Waals surface area contributed by atoms with Gasteiger partial charge < -0.3 is 24.8 Å². The first-order valence-electron chi connectivity index (χ1n) is 9.02. The number of nitrogens with one attached hydrogen (secondary N) is 2. The molecule has 0 bridgehead atoms. The molecular formula is C19H25FN4O3. The van der Waals surface area contributed by atoms with Crippen LogP contribution in [0, 0.1) is 12.7 Å². The number of benzene rings is 1. The highest BCUT2D eigenvalue weighted by Gasteiger charge is 2.24. The molecule has 8 heteroatoms. The Kier molecular flexibility index (Phi) is 5.65. The molecule has 0 aliphatic carbocycles. The lowest BCUT2D eigenvalue weighted by molar-refractivity contribution is -0.116. The minimum absolute atomic E-state index is 0.0508. The molecule has 1 aliphatic heterocycles. The van der Waals surface area contributed by atoms with Crippen molar-refractivity contribution in [3.63, 3.8) is 0 Å². The van der Waals surface area contributed by atoms with Crippen molar-refractivity contribution < 1.29 is 18.4 Å². The molecule has 1 amide bonds. The maximum absolute atomic E-state index is 14.6. The van der Waals surface area contributed by atoms with E-state index in [-0.39, 0.29) is 23.9 Å².